The molecule has 0 saturated heterocycles. The van der Waals surface area contributed by atoms with E-state index in [1.54, 1.807) is 42.7 Å². The Morgan fingerprint density at radius 3 is 2.12 bits per heavy atom. The topological polar surface area (TPSA) is 92.7 Å². The van der Waals surface area contributed by atoms with Crippen LogP contribution >= 0.6 is 0 Å². The number of rotatable bonds is 6. The Bertz CT molecular complexity index is 756. The molecule has 24 heavy (non-hydrogen) atoms. The van der Waals surface area contributed by atoms with Crippen LogP contribution in [-0.2, 0) is 15.6 Å². The minimum atomic E-state index is -1.18. The van der Waals surface area contributed by atoms with Gasteiger partial charge in [0.05, 0.1) is 7.11 Å². The van der Waals surface area contributed by atoms with Crippen molar-refractivity contribution in [1.82, 2.24) is 5.32 Å². The third-order valence-electron chi connectivity index (χ3n) is 3.42. The maximum Gasteiger partial charge on any atom is 0.330 e. The van der Waals surface area contributed by atoms with Crippen LogP contribution in [0.4, 0.5) is 0 Å². The smallest absolute Gasteiger partial charge is 0.330 e. The van der Waals surface area contributed by atoms with Gasteiger partial charge in [0.2, 0.25) is 0 Å². The van der Waals surface area contributed by atoms with Crippen molar-refractivity contribution in [2.45, 2.75) is 10.9 Å². The number of carbonyl (C=O) groups is 2. The largest absolute Gasteiger partial charge is 0.497 e. The number of carbonyl (C=O) groups excluding carboxylic acids is 1. The Kier molecular flexibility index (Phi) is 5.70. The third kappa shape index (κ3) is 4.20. The first-order chi connectivity index (χ1) is 11.4. The molecule has 2 aromatic rings. The predicted octanol–water partition coefficient (Wildman–Crippen LogP) is 1.99. The molecular formula is C17H17NO5S. The Morgan fingerprint density at radius 2 is 1.67 bits per heavy atom. The monoisotopic (exact) mass is 347 g/mol. The fourth-order valence-electron chi connectivity index (χ4n) is 2.10. The van der Waals surface area contributed by atoms with Gasteiger partial charge in [-0.3, -0.25) is 9.00 Å². The molecule has 2 aromatic carbocycles. The molecule has 0 radical (unpaired) electrons. The van der Waals surface area contributed by atoms with E-state index in [4.69, 9.17) is 4.74 Å². The van der Waals surface area contributed by atoms with Crippen LogP contribution in [0.3, 0.4) is 0 Å². The van der Waals surface area contributed by atoms with E-state index in [-0.39, 0.29) is 0 Å². The van der Waals surface area contributed by atoms with Crippen molar-refractivity contribution >= 4 is 22.7 Å². The standard InChI is InChI=1S/C17H17NO5S/c1-23-13-7-3-11(4-8-13)15(17(20)21)18-16(19)12-5-9-14(10-6-12)24(2)22/h3-10,15H,1-2H3,(H,18,19)(H,20,21). The third-order valence-corrected chi connectivity index (χ3v) is 4.36. The van der Waals surface area contributed by atoms with E-state index in [1.807, 2.05) is 0 Å². The summed E-state index contributed by atoms with van der Waals surface area (Å²) in [6, 6.07) is 11.4. The lowest BCUT2D eigenvalue weighted by Gasteiger charge is -2.15. The van der Waals surface area contributed by atoms with Gasteiger partial charge in [-0.25, -0.2) is 4.79 Å². The number of carboxylic acid groups (broad SMARTS) is 1. The molecule has 0 saturated carbocycles. The molecule has 0 aromatic heterocycles. The van der Waals surface area contributed by atoms with Crippen molar-refractivity contribution in [2.24, 2.45) is 0 Å². The lowest BCUT2D eigenvalue weighted by atomic mass is 10.1. The van der Waals surface area contributed by atoms with Crippen LogP contribution in [0.2, 0.25) is 0 Å². The minimum Gasteiger partial charge on any atom is -0.497 e. The molecule has 0 heterocycles. The average Bonchev–Trinajstić information content (AvgIpc) is 2.59. The van der Waals surface area contributed by atoms with Gasteiger partial charge in [0.15, 0.2) is 6.04 Å². The maximum absolute atomic E-state index is 12.3. The summed E-state index contributed by atoms with van der Waals surface area (Å²) in [7, 11) is 0.373. The first kappa shape index (κ1) is 17.7. The van der Waals surface area contributed by atoms with Crippen LogP contribution in [0.1, 0.15) is 22.0 Å². The first-order valence-corrected chi connectivity index (χ1v) is 8.59. The summed E-state index contributed by atoms with van der Waals surface area (Å²) in [5.41, 5.74) is 0.729. The van der Waals surface area contributed by atoms with Crippen LogP contribution in [0.5, 0.6) is 5.75 Å². The summed E-state index contributed by atoms with van der Waals surface area (Å²) < 4.78 is 16.4. The maximum atomic E-state index is 12.3. The van der Waals surface area contributed by atoms with Gasteiger partial charge in [0, 0.05) is 27.5 Å². The van der Waals surface area contributed by atoms with Crippen molar-refractivity contribution in [3.8, 4) is 5.75 Å². The normalized spacial score (nSPS) is 12.9. The average molecular weight is 347 g/mol. The Morgan fingerprint density at radius 1 is 1.08 bits per heavy atom. The number of ether oxygens (including phenoxy) is 1. The molecule has 0 aliphatic rings. The fourth-order valence-corrected chi connectivity index (χ4v) is 2.62. The van der Waals surface area contributed by atoms with Gasteiger partial charge in [-0.05, 0) is 42.0 Å². The fraction of sp³-hybridized carbons (Fsp3) is 0.176. The van der Waals surface area contributed by atoms with E-state index < -0.39 is 28.7 Å². The molecule has 1 amide bonds. The summed E-state index contributed by atoms with van der Waals surface area (Å²) in [6.45, 7) is 0. The number of aliphatic carboxylic acids is 1. The highest BCUT2D eigenvalue weighted by Crippen LogP contribution is 2.19. The molecule has 2 rings (SSSR count). The highest BCUT2D eigenvalue weighted by molar-refractivity contribution is 7.84. The quantitative estimate of drug-likeness (QED) is 0.834. The molecule has 2 atom stereocenters. The lowest BCUT2D eigenvalue weighted by Crippen LogP contribution is -2.33. The minimum absolute atomic E-state index is 0.295. The highest BCUT2D eigenvalue weighted by Gasteiger charge is 2.22. The van der Waals surface area contributed by atoms with Crippen molar-refractivity contribution in [2.75, 3.05) is 13.4 Å². The molecule has 0 fully saturated rings. The number of carboxylic acids is 1. The van der Waals surface area contributed by atoms with Crippen LogP contribution in [0, 0.1) is 0 Å². The lowest BCUT2D eigenvalue weighted by molar-refractivity contribution is -0.139. The number of amides is 1. The Hall–Kier alpha value is -2.67. The van der Waals surface area contributed by atoms with E-state index in [9.17, 15) is 18.9 Å². The molecule has 0 bridgehead atoms. The zero-order valence-corrected chi connectivity index (χ0v) is 14.0. The number of methoxy groups -OCH3 is 1. The second-order valence-corrected chi connectivity index (χ2v) is 6.38. The van der Waals surface area contributed by atoms with Gasteiger partial charge in [0.25, 0.3) is 5.91 Å². The molecule has 7 heteroatoms. The number of benzene rings is 2. The predicted molar refractivity (Wildman–Crippen MR) is 89.6 cm³/mol. The molecule has 0 aliphatic heterocycles. The number of hydrogen-bond donors (Lipinski definition) is 2. The van der Waals surface area contributed by atoms with Gasteiger partial charge in [-0.2, -0.15) is 0 Å². The van der Waals surface area contributed by atoms with Crippen LogP contribution in [0.25, 0.3) is 0 Å². The molecule has 6 nitrogen and oxygen atoms in total. The van der Waals surface area contributed by atoms with Crippen molar-refractivity contribution < 1.29 is 23.6 Å². The van der Waals surface area contributed by atoms with Gasteiger partial charge in [-0.15, -0.1) is 0 Å². The van der Waals surface area contributed by atoms with Crippen LogP contribution in [0.15, 0.2) is 53.4 Å². The number of nitrogens with one attached hydrogen (secondary N) is 1. The molecule has 0 aliphatic carbocycles. The van der Waals surface area contributed by atoms with Crippen molar-refractivity contribution in [3.05, 3.63) is 59.7 Å². The van der Waals surface area contributed by atoms with E-state index in [2.05, 4.69) is 5.32 Å². The SMILES string of the molecule is COc1ccc(C(NC(=O)c2ccc(S(C)=O)cc2)C(=O)O)cc1. The molecule has 2 N–H and O–H groups in total. The van der Waals surface area contributed by atoms with Gasteiger partial charge >= 0.3 is 5.97 Å². The zero-order chi connectivity index (χ0) is 17.7. The Balaban J connectivity index is 2.18. The van der Waals surface area contributed by atoms with Crippen molar-refractivity contribution in [3.63, 3.8) is 0 Å². The molecule has 126 valence electrons. The van der Waals surface area contributed by atoms with Gasteiger partial charge < -0.3 is 15.2 Å². The molecular weight excluding hydrogens is 330 g/mol. The first-order valence-electron chi connectivity index (χ1n) is 7.03. The zero-order valence-electron chi connectivity index (χ0n) is 13.2. The van der Waals surface area contributed by atoms with E-state index in [0.717, 1.165) is 0 Å². The Labute approximate surface area is 141 Å². The van der Waals surface area contributed by atoms with Crippen LogP contribution < -0.4 is 10.1 Å². The second kappa shape index (κ2) is 7.74. The van der Waals surface area contributed by atoms with E-state index in [0.29, 0.717) is 21.8 Å². The summed E-state index contributed by atoms with van der Waals surface area (Å²) >= 11 is 0. The van der Waals surface area contributed by atoms with Crippen molar-refractivity contribution in [1.29, 1.82) is 0 Å². The summed E-state index contributed by atoms with van der Waals surface area (Å²) in [6.07, 6.45) is 1.54. The summed E-state index contributed by atoms with van der Waals surface area (Å²) in [5, 5.41) is 11.9. The highest BCUT2D eigenvalue weighted by atomic mass is 32.2. The van der Waals surface area contributed by atoms with Gasteiger partial charge in [-0.1, -0.05) is 12.1 Å². The summed E-state index contributed by atoms with van der Waals surface area (Å²) in [4.78, 5) is 24.3. The van der Waals surface area contributed by atoms with Gasteiger partial charge in [0.1, 0.15) is 5.75 Å². The van der Waals surface area contributed by atoms with Crippen LogP contribution in [-0.4, -0.2) is 34.6 Å². The van der Waals surface area contributed by atoms with E-state index >= 15 is 0 Å². The molecule has 0 spiro atoms. The summed E-state index contributed by atoms with van der Waals surface area (Å²) in [5.74, 6) is -1.09. The number of hydrogen-bond acceptors (Lipinski definition) is 4. The second-order valence-electron chi connectivity index (χ2n) is 5.00. The molecule has 2 unspecified atom stereocenters. The van der Waals surface area contributed by atoms with E-state index in [1.165, 1.54) is 19.2 Å².